The summed E-state index contributed by atoms with van der Waals surface area (Å²) in [5.74, 6) is -6.46. The van der Waals surface area contributed by atoms with E-state index in [0.717, 1.165) is 18.2 Å². The van der Waals surface area contributed by atoms with Gasteiger partial charge in [0.2, 0.25) is 0 Å². The molecule has 4 nitrogen and oxygen atoms in total. The lowest BCUT2D eigenvalue weighted by Gasteiger charge is -2.32. The summed E-state index contributed by atoms with van der Waals surface area (Å²) in [6.07, 6.45) is -4.27. The fraction of sp³-hybridized carbons (Fsp3) is 0.300. The number of hydrogen-bond acceptors (Lipinski definition) is 2. The topological polar surface area (TPSA) is 49.4 Å². The van der Waals surface area contributed by atoms with E-state index in [-0.39, 0.29) is 25.9 Å². The largest absolute Gasteiger partial charge is 0.417 e. The summed E-state index contributed by atoms with van der Waals surface area (Å²) in [4.78, 5) is 25.9. The zero-order valence-electron chi connectivity index (χ0n) is 15.4. The van der Waals surface area contributed by atoms with Gasteiger partial charge in [-0.05, 0) is 37.1 Å². The molecule has 0 spiro atoms. The number of halogens is 6. The molecular weight excluding hydrogens is 414 g/mol. The third-order valence-electron chi connectivity index (χ3n) is 4.86. The minimum Gasteiger partial charge on any atom is -0.349 e. The smallest absolute Gasteiger partial charge is 0.349 e. The van der Waals surface area contributed by atoms with Crippen molar-refractivity contribution in [2.24, 2.45) is 0 Å². The van der Waals surface area contributed by atoms with Gasteiger partial charge >= 0.3 is 6.18 Å². The fourth-order valence-electron chi connectivity index (χ4n) is 3.28. The monoisotopic (exact) mass is 430 g/mol. The molecule has 0 unspecified atom stereocenters. The third-order valence-corrected chi connectivity index (χ3v) is 4.86. The number of nitrogens with one attached hydrogen (secondary N) is 1. The van der Waals surface area contributed by atoms with Gasteiger partial charge in [0, 0.05) is 19.1 Å². The lowest BCUT2D eigenvalue weighted by atomic mass is 10.0. The Bertz CT molecular complexity index is 968. The zero-order chi connectivity index (χ0) is 22.1. The lowest BCUT2D eigenvalue weighted by molar-refractivity contribution is -0.137. The van der Waals surface area contributed by atoms with Crippen molar-refractivity contribution < 1.29 is 35.9 Å². The summed E-state index contributed by atoms with van der Waals surface area (Å²) in [6.45, 7) is 0.117. The van der Waals surface area contributed by atoms with E-state index in [1.807, 2.05) is 0 Å². The molecule has 0 saturated carbocycles. The summed E-state index contributed by atoms with van der Waals surface area (Å²) in [5, 5.41) is 2.51. The highest BCUT2D eigenvalue weighted by Crippen LogP contribution is 2.32. The Balaban J connectivity index is 1.64. The normalized spacial score (nSPS) is 15.2. The summed E-state index contributed by atoms with van der Waals surface area (Å²) >= 11 is 0. The molecular formula is C20H16F6N2O2. The molecule has 30 heavy (non-hydrogen) atoms. The van der Waals surface area contributed by atoms with Gasteiger partial charge in [0.25, 0.3) is 11.8 Å². The predicted octanol–water partition coefficient (Wildman–Crippen LogP) is 4.16. The van der Waals surface area contributed by atoms with E-state index in [2.05, 4.69) is 5.32 Å². The molecule has 2 amide bonds. The molecule has 1 saturated heterocycles. The maximum atomic E-state index is 13.8. The fourth-order valence-corrected chi connectivity index (χ4v) is 3.28. The van der Waals surface area contributed by atoms with E-state index >= 15 is 0 Å². The number of nitrogens with zero attached hydrogens (tertiary/aromatic N) is 1. The highest BCUT2D eigenvalue weighted by atomic mass is 19.4. The average Bonchev–Trinajstić information content (AvgIpc) is 2.71. The number of piperidine rings is 1. The van der Waals surface area contributed by atoms with Gasteiger partial charge in [0.1, 0.15) is 0 Å². The van der Waals surface area contributed by atoms with E-state index in [1.165, 1.54) is 17.0 Å². The second-order valence-corrected chi connectivity index (χ2v) is 6.81. The number of alkyl halides is 3. The second kappa shape index (κ2) is 8.37. The Morgan fingerprint density at radius 1 is 0.900 bits per heavy atom. The number of hydrogen-bond donors (Lipinski definition) is 1. The molecule has 1 N–H and O–H groups in total. The van der Waals surface area contributed by atoms with Crippen LogP contribution in [0.5, 0.6) is 0 Å². The first-order valence-electron chi connectivity index (χ1n) is 8.99. The van der Waals surface area contributed by atoms with Crippen LogP contribution in [0, 0.1) is 17.5 Å². The minimum absolute atomic E-state index is 0.0587. The summed E-state index contributed by atoms with van der Waals surface area (Å²) in [6, 6.07) is 5.38. The first-order valence-corrected chi connectivity index (χ1v) is 8.99. The van der Waals surface area contributed by atoms with Crippen molar-refractivity contribution >= 4 is 11.8 Å². The number of rotatable bonds is 3. The zero-order valence-corrected chi connectivity index (χ0v) is 15.4. The Labute approximate surface area is 167 Å². The minimum atomic E-state index is -4.68. The van der Waals surface area contributed by atoms with Crippen LogP contribution in [0.1, 0.15) is 39.1 Å². The maximum absolute atomic E-state index is 13.8. The van der Waals surface area contributed by atoms with Crippen molar-refractivity contribution in [3.63, 3.8) is 0 Å². The van der Waals surface area contributed by atoms with Crippen molar-refractivity contribution in [1.82, 2.24) is 10.2 Å². The van der Waals surface area contributed by atoms with Crippen molar-refractivity contribution in [3.05, 3.63) is 70.5 Å². The number of carbonyl (C=O) groups is 2. The molecule has 0 aliphatic carbocycles. The highest BCUT2D eigenvalue weighted by Gasteiger charge is 2.35. The molecule has 1 aliphatic rings. The SMILES string of the molecule is O=C(NC1CCN(C(=O)c2ccc(F)c(F)c2F)CC1)c1ccccc1C(F)(F)F. The molecule has 3 rings (SSSR count). The number of benzene rings is 2. The van der Waals surface area contributed by atoms with Gasteiger partial charge in [-0.3, -0.25) is 9.59 Å². The van der Waals surface area contributed by atoms with Crippen molar-refractivity contribution in [3.8, 4) is 0 Å². The van der Waals surface area contributed by atoms with Crippen LogP contribution in [0.25, 0.3) is 0 Å². The quantitative estimate of drug-likeness (QED) is 0.588. The van der Waals surface area contributed by atoms with E-state index in [0.29, 0.717) is 6.07 Å². The lowest BCUT2D eigenvalue weighted by Crippen LogP contribution is -2.47. The van der Waals surface area contributed by atoms with Gasteiger partial charge in [0.15, 0.2) is 17.5 Å². The van der Waals surface area contributed by atoms with Crippen LogP contribution in [0.4, 0.5) is 26.3 Å². The molecule has 10 heteroatoms. The standard InChI is InChI=1S/C20H16F6N2O2/c21-15-6-5-13(16(22)17(15)23)19(30)28-9-7-11(8-10-28)27-18(29)12-3-1-2-4-14(12)20(24,25)26/h1-6,11H,7-10H2,(H,27,29). The third kappa shape index (κ3) is 4.42. The molecule has 2 aromatic carbocycles. The van der Waals surface area contributed by atoms with Gasteiger partial charge in [-0.2, -0.15) is 13.2 Å². The van der Waals surface area contributed by atoms with Crippen molar-refractivity contribution in [2.45, 2.75) is 25.1 Å². The Hall–Kier alpha value is -3.04. The molecule has 1 heterocycles. The first-order chi connectivity index (χ1) is 14.1. The molecule has 1 aliphatic heterocycles. The molecule has 2 aromatic rings. The van der Waals surface area contributed by atoms with Gasteiger partial charge in [-0.25, -0.2) is 13.2 Å². The number of carbonyl (C=O) groups excluding carboxylic acids is 2. The average molecular weight is 430 g/mol. The van der Waals surface area contributed by atoms with Crippen LogP contribution < -0.4 is 5.32 Å². The van der Waals surface area contributed by atoms with Crippen LogP contribution in [0.15, 0.2) is 36.4 Å². The molecule has 0 atom stereocenters. The molecule has 0 radical (unpaired) electrons. The maximum Gasteiger partial charge on any atom is 0.417 e. The van der Waals surface area contributed by atoms with E-state index in [1.54, 1.807) is 0 Å². The van der Waals surface area contributed by atoms with Crippen LogP contribution in [-0.4, -0.2) is 35.8 Å². The van der Waals surface area contributed by atoms with E-state index in [9.17, 15) is 35.9 Å². The van der Waals surface area contributed by atoms with Gasteiger partial charge < -0.3 is 10.2 Å². The van der Waals surface area contributed by atoms with Crippen LogP contribution >= 0.6 is 0 Å². The Morgan fingerprint density at radius 2 is 1.53 bits per heavy atom. The van der Waals surface area contributed by atoms with E-state index in [4.69, 9.17) is 0 Å². The first kappa shape index (κ1) is 21.7. The molecule has 0 aromatic heterocycles. The van der Waals surface area contributed by atoms with Crippen LogP contribution in [0.2, 0.25) is 0 Å². The van der Waals surface area contributed by atoms with Crippen molar-refractivity contribution in [1.29, 1.82) is 0 Å². The molecule has 160 valence electrons. The number of amides is 2. The second-order valence-electron chi connectivity index (χ2n) is 6.81. The van der Waals surface area contributed by atoms with Gasteiger partial charge in [0.05, 0.1) is 16.7 Å². The predicted molar refractivity (Wildman–Crippen MR) is 94.2 cm³/mol. The van der Waals surface area contributed by atoms with Crippen molar-refractivity contribution in [2.75, 3.05) is 13.1 Å². The molecule has 1 fully saturated rings. The van der Waals surface area contributed by atoms with Crippen LogP contribution in [-0.2, 0) is 6.18 Å². The van der Waals surface area contributed by atoms with Gasteiger partial charge in [-0.15, -0.1) is 0 Å². The Kier molecular flexibility index (Phi) is 6.04. The highest BCUT2D eigenvalue weighted by molar-refractivity contribution is 5.96. The summed E-state index contributed by atoms with van der Waals surface area (Å²) < 4.78 is 79.4. The Morgan fingerprint density at radius 3 is 2.17 bits per heavy atom. The van der Waals surface area contributed by atoms with Crippen LogP contribution in [0.3, 0.4) is 0 Å². The van der Waals surface area contributed by atoms with E-state index < -0.39 is 58.2 Å². The number of likely N-dealkylation sites (tertiary alicyclic amines) is 1. The summed E-state index contributed by atoms with van der Waals surface area (Å²) in [7, 11) is 0. The van der Waals surface area contributed by atoms with Gasteiger partial charge in [-0.1, -0.05) is 12.1 Å². The molecule has 0 bridgehead atoms. The summed E-state index contributed by atoms with van der Waals surface area (Å²) in [5.41, 5.74) is -2.17.